The van der Waals surface area contributed by atoms with Crippen molar-refractivity contribution < 1.29 is 4.74 Å². The number of hydrogen-bond donors (Lipinski definition) is 2. The monoisotopic (exact) mass is 206 g/mol. The maximum absolute atomic E-state index is 5.05. The number of methoxy groups -OCH3 is 1. The summed E-state index contributed by atoms with van der Waals surface area (Å²) in [5.74, 6) is 0. The van der Waals surface area contributed by atoms with Crippen LogP contribution in [0, 0.1) is 0 Å². The lowest BCUT2D eigenvalue weighted by Crippen LogP contribution is -2.20. The van der Waals surface area contributed by atoms with E-state index in [0.29, 0.717) is 6.61 Å². The van der Waals surface area contributed by atoms with Gasteiger partial charge in [0.2, 0.25) is 0 Å². The molecule has 2 N–H and O–H groups in total. The van der Waals surface area contributed by atoms with Gasteiger partial charge in [-0.25, -0.2) is 0 Å². The van der Waals surface area contributed by atoms with Crippen LogP contribution in [0.25, 0.3) is 11.0 Å². The van der Waals surface area contributed by atoms with Crippen molar-refractivity contribution in [1.29, 1.82) is 0 Å². The lowest BCUT2D eigenvalue weighted by Gasteiger charge is -2.13. The minimum atomic E-state index is 0.277. The predicted molar refractivity (Wildman–Crippen MR) is 58.8 cm³/mol. The topological polar surface area (TPSA) is 62.8 Å². The number of hydrogen-bond acceptors (Lipinski definition) is 4. The number of nitrogens with zero attached hydrogens (tertiary/aromatic N) is 2. The van der Waals surface area contributed by atoms with E-state index in [4.69, 9.17) is 4.74 Å². The fourth-order valence-electron chi connectivity index (χ4n) is 1.51. The first kappa shape index (κ1) is 9.92. The maximum Gasteiger partial charge on any atom is 0.115 e. The number of benzene rings is 1. The second-order valence-electron chi connectivity index (χ2n) is 3.53. The van der Waals surface area contributed by atoms with Crippen LogP contribution in [-0.2, 0) is 4.74 Å². The highest BCUT2D eigenvalue weighted by Gasteiger charge is 2.03. The van der Waals surface area contributed by atoms with E-state index in [1.165, 1.54) is 0 Å². The van der Waals surface area contributed by atoms with Crippen LogP contribution in [0.15, 0.2) is 18.2 Å². The Morgan fingerprint density at radius 1 is 1.40 bits per heavy atom. The van der Waals surface area contributed by atoms with Gasteiger partial charge >= 0.3 is 0 Å². The zero-order valence-electron chi connectivity index (χ0n) is 8.82. The minimum absolute atomic E-state index is 0.277. The molecule has 15 heavy (non-hydrogen) atoms. The molecule has 2 aromatic rings. The van der Waals surface area contributed by atoms with Crippen LogP contribution in [0.3, 0.4) is 0 Å². The second kappa shape index (κ2) is 4.27. The van der Waals surface area contributed by atoms with Gasteiger partial charge in [-0.1, -0.05) is 0 Å². The molecule has 0 radical (unpaired) electrons. The Kier molecular flexibility index (Phi) is 2.82. The third-order valence-electron chi connectivity index (χ3n) is 2.15. The highest BCUT2D eigenvalue weighted by Crippen LogP contribution is 2.15. The lowest BCUT2D eigenvalue weighted by molar-refractivity contribution is 0.190. The van der Waals surface area contributed by atoms with Crippen molar-refractivity contribution in [3.8, 4) is 0 Å². The Morgan fingerprint density at radius 2 is 2.20 bits per heavy atom. The van der Waals surface area contributed by atoms with Crippen molar-refractivity contribution in [1.82, 2.24) is 15.4 Å². The summed E-state index contributed by atoms with van der Waals surface area (Å²) in [6.45, 7) is 2.74. The average Bonchev–Trinajstić information content (AvgIpc) is 2.65. The Morgan fingerprint density at radius 3 is 3.00 bits per heavy atom. The minimum Gasteiger partial charge on any atom is -0.383 e. The van der Waals surface area contributed by atoms with Crippen molar-refractivity contribution in [2.24, 2.45) is 0 Å². The summed E-state index contributed by atoms with van der Waals surface area (Å²) >= 11 is 0. The molecule has 1 aromatic carbocycles. The Hall–Kier alpha value is -1.62. The molecule has 1 aromatic heterocycles. The maximum atomic E-state index is 5.05. The summed E-state index contributed by atoms with van der Waals surface area (Å²) in [5, 5.41) is 13.9. The third-order valence-corrected chi connectivity index (χ3v) is 2.15. The van der Waals surface area contributed by atoms with Crippen molar-refractivity contribution in [3.05, 3.63) is 18.2 Å². The number of anilines is 1. The summed E-state index contributed by atoms with van der Waals surface area (Å²) in [7, 11) is 1.69. The van der Waals surface area contributed by atoms with Gasteiger partial charge in [0.05, 0.1) is 6.61 Å². The van der Waals surface area contributed by atoms with Crippen LogP contribution in [0.2, 0.25) is 0 Å². The van der Waals surface area contributed by atoms with Crippen LogP contribution < -0.4 is 5.32 Å². The van der Waals surface area contributed by atoms with Gasteiger partial charge in [-0.15, -0.1) is 0 Å². The molecule has 1 unspecified atom stereocenters. The predicted octanol–water partition coefficient (Wildman–Crippen LogP) is 1.40. The first-order valence-corrected chi connectivity index (χ1v) is 4.85. The molecule has 1 atom stereocenters. The molecule has 5 nitrogen and oxygen atoms in total. The lowest BCUT2D eigenvalue weighted by atomic mass is 10.2. The first-order chi connectivity index (χ1) is 7.29. The SMILES string of the molecule is COCC(C)Nc1ccc2n[nH]nc2c1. The van der Waals surface area contributed by atoms with E-state index in [2.05, 4.69) is 27.7 Å². The second-order valence-corrected chi connectivity index (χ2v) is 3.53. The van der Waals surface area contributed by atoms with Crippen molar-refractivity contribution in [3.63, 3.8) is 0 Å². The van der Waals surface area contributed by atoms with Crippen LogP contribution in [-0.4, -0.2) is 35.2 Å². The molecule has 80 valence electrons. The first-order valence-electron chi connectivity index (χ1n) is 4.85. The molecule has 0 aliphatic carbocycles. The summed E-state index contributed by atoms with van der Waals surface area (Å²) in [6.07, 6.45) is 0. The summed E-state index contributed by atoms with van der Waals surface area (Å²) < 4.78 is 5.05. The van der Waals surface area contributed by atoms with Gasteiger partial charge in [0.25, 0.3) is 0 Å². The molecule has 0 bridgehead atoms. The number of aromatic amines is 1. The molecule has 2 rings (SSSR count). The molecular weight excluding hydrogens is 192 g/mol. The van der Waals surface area contributed by atoms with E-state index in [-0.39, 0.29) is 6.04 Å². The zero-order valence-corrected chi connectivity index (χ0v) is 8.82. The van der Waals surface area contributed by atoms with E-state index < -0.39 is 0 Å². The smallest absolute Gasteiger partial charge is 0.115 e. The molecule has 0 aliphatic heterocycles. The summed E-state index contributed by atoms with van der Waals surface area (Å²) in [5.41, 5.74) is 2.77. The van der Waals surface area contributed by atoms with Crippen molar-refractivity contribution >= 4 is 16.7 Å². The molecule has 0 saturated heterocycles. The normalized spacial score (nSPS) is 12.9. The van der Waals surface area contributed by atoms with E-state index >= 15 is 0 Å². The van der Waals surface area contributed by atoms with E-state index in [0.717, 1.165) is 16.7 Å². The Labute approximate surface area is 87.8 Å². The van der Waals surface area contributed by atoms with Crippen LogP contribution in [0.4, 0.5) is 5.69 Å². The van der Waals surface area contributed by atoms with Gasteiger partial charge in [-0.3, -0.25) is 0 Å². The standard InChI is InChI=1S/C10H14N4O/c1-7(6-15-2)11-8-3-4-9-10(5-8)13-14-12-9/h3-5,7,11H,6H2,1-2H3,(H,12,13,14). The quantitative estimate of drug-likeness (QED) is 0.793. The van der Waals surface area contributed by atoms with Gasteiger partial charge in [0, 0.05) is 18.8 Å². The third kappa shape index (κ3) is 2.24. The highest BCUT2D eigenvalue weighted by molar-refractivity contribution is 5.77. The van der Waals surface area contributed by atoms with Gasteiger partial charge in [-0.2, -0.15) is 15.4 Å². The highest BCUT2D eigenvalue weighted by atomic mass is 16.5. The zero-order chi connectivity index (χ0) is 10.7. The van der Waals surface area contributed by atoms with E-state index in [9.17, 15) is 0 Å². The average molecular weight is 206 g/mol. The fraction of sp³-hybridized carbons (Fsp3) is 0.400. The van der Waals surface area contributed by atoms with Crippen LogP contribution in [0.1, 0.15) is 6.92 Å². The van der Waals surface area contributed by atoms with Crippen LogP contribution >= 0.6 is 0 Å². The summed E-state index contributed by atoms with van der Waals surface area (Å²) in [6, 6.07) is 6.15. The van der Waals surface area contributed by atoms with Gasteiger partial charge < -0.3 is 10.1 Å². The molecule has 0 fully saturated rings. The van der Waals surface area contributed by atoms with Gasteiger partial charge in [-0.05, 0) is 25.1 Å². The van der Waals surface area contributed by atoms with Gasteiger partial charge in [0.15, 0.2) is 0 Å². The van der Waals surface area contributed by atoms with E-state index in [1.54, 1.807) is 7.11 Å². The number of ether oxygens (including phenoxy) is 1. The van der Waals surface area contributed by atoms with Gasteiger partial charge in [0.1, 0.15) is 11.0 Å². The molecule has 0 amide bonds. The molecule has 1 heterocycles. The van der Waals surface area contributed by atoms with Crippen LogP contribution in [0.5, 0.6) is 0 Å². The molecule has 0 aliphatic rings. The molecule has 0 saturated carbocycles. The Balaban J connectivity index is 2.14. The molecular formula is C10H14N4O. The van der Waals surface area contributed by atoms with E-state index in [1.807, 2.05) is 18.2 Å². The van der Waals surface area contributed by atoms with Crippen molar-refractivity contribution in [2.75, 3.05) is 19.0 Å². The fourth-order valence-corrected chi connectivity index (χ4v) is 1.51. The van der Waals surface area contributed by atoms with Crippen molar-refractivity contribution in [2.45, 2.75) is 13.0 Å². The number of aromatic nitrogens is 3. The number of H-pyrrole nitrogens is 1. The number of nitrogens with one attached hydrogen (secondary N) is 2. The Bertz CT molecular complexity index is 440. The number of rotatable bonds is 4. The largest absolute Gasteiger partial charge is 0.383 e. The summed E-state index contributed by atoms with van der Waals surface area (Å²) in [4.78, 5) is 0. The molecule has 0 spiro atoms. The number of fused-ring (bicyclic) bond motifs is 1. The molecule has 5 heteroatoms.